The second-order valence-corrected chi connectivity index (χ2v) is 5.88. The monoisotopic (exact) mass is 206 g/mol. The summed E-state index contributed by atoms with van der Waals surface area (Å²) in [5.74, 6) is 1.11. The number of imidazole rings is 1. The third kappa shape index (κ3) is 1.33. The van der Waals surface area contributed by atoms with Gasteiger partial charge in [0.05, 0.1) is 17.8 Å². The molecule has 0 atom stereocenters. The molecule has 0 radical (unpaired) electrons. The van der Waals surface area contributed by atoms with E-state index >= 15 is 0 Å². The first-order valence-corrected chi connectivity index (χ1v) is 5.68. The van der Waals surface area contributed by atoms with E-state index in [9.17, 15) is 0 Å². The summed E-state index contributed by atoms with van der Waals surface area (Å²) in [6.07, 6.45) is 4.74. The van der Waals surface area contributed by atoms with Crippen LogP contribution in [0.4, 0.5) is 0 Å². The average molecular weight is 206 g/mol. The summed E-state index contributed by atoms with van der Waals surface area (Å²) in [6, 6.07) is 0. The van der Waals surface area contributed by atoms with Crippen LogP contribution in [0, 0.1) is 0 Å². The molecule has 0 N–H and O–H groups in total. The number of hydrogen-bond acceptors (Lipinski definition) is 2. The molecular weight excluding hydrogens is 188 g/mol. The van der Waals surface area contributed by atoms with Crippen LogP contribution < -0.4 is 0 Å². The molecular formula is C12H18N2O. The highest BCUT2D eigenvalue weighted by Gasteiger charge is 2.48. The van der Waals surface area contributed by atoms with Gasteiger partial charge in [-0.05, 0) is 12.8 Å². The molecule has 3 rings (SSSR count). The van der Waals surface area contributed by atoms with Gasteiger partial charge in [0.1, 0.15) is 12.4 Å². The fourth-order valence-corrected chi connectivity index (χ4v) is 2.22. The summed E-state index contributed by atoms with van der Waals surface area (Å²) in [5.41, 5.74) is 1.61. The lowest BCUT2D eigenvalue weighted by Crippen LogP contribution is -2.29. The molecule has 1 fully saturated rings. The summed E-state index contributed by atoms with van der Waals surface area (Å²) < 4.78 is 7.99. The molecule has 82 valence electrons. The molecule has 1 aromatic rings. The smallest absolute Gasteiger partial charge is 0.135 e. The van der Waals surface area contributed by atoms with Crippen LogP contribution in [0.25, 0.3) is 0 Å². The molecule has 1 saturated carbocycles. The summed E-state index contributed by atoms with van der Waals surface area (Å²) >= 11 is 0. The second kappa shape index (κ2) is 2.64. The van der Waals surface area contributed by atoms with Crippen LogP contribution in [0.2, 0.25) is 0 Å². The van der Waals surface area contributed by atoms with Crippen LogP contribution in [0.5, 0.6) is 0 Å². The summed E-state index contributed by atoms with van der Waals surface area (Å²) in [6.45, 7) is 8.18. The lowest BCUT2D eigenvalue weighted by atomic mass is 9.93. The van der Waals surface area contributed by atoms with Crippen LogP contribution in [0.15, 0.2) is 6.20 Å². The van der Waals surface area contributed by atoms with E-state index in [1.807, 2.05) is 0 Å². The Kier molecular flexibility index (Phi) is 1.66. The maximum Gasteiger partial charge on any atom is 0.135 e. The van der Waals surface area contributed by atoms with Crippen molar-refractivity contribution in [3.8, 4) is 0 Å². The zero-order valence-electron chi connectivity index (χ0n) is 9.71. The van der Waals surface area contributed by atoms with Crippen molar-refractivity contribution >= 4 is 0 Å². The molecule has 0 unspecified atom stereocenters. The number of ether oxygens (including phenoxy) is 1. The molecule has 3 heteroatoms. The van der Waals surface area contributed by atoms with Gasteiger partial charge in [0.15, 0.2) is 0 Å². The Morgan fingerprint density at radius 2 is 2.13 bits per heavy atom. The van der Waals surface area contributed by atoms with Gasteiger partial charge in [0.2, 0.25) is 0 Å². The summed E-state index contributed by atoms with van der Waals surface area (Å²) in [5, 5.41) is 0. The Balaban J connectivity index is 2.07. The van der Waals surface area contributed by atoms with Gasteiger partial charge in [-0.15, -0.1) is 0 Å². The maximum absolute atomic E-state index is 5.62. The molecule has 3 nitrogen and oxygen atoms in total. The molecule has 15 heavy (non-hydrogen) atoms. The predicted molar refractivity (Wildman–Crippen MR) is 57.8 cm³/mol. The quantitative estimate of drug-likeness (QED) is 0.650. The van der Waals surface area contributed by atoms with E-state index in [0.717, 1.165) is 12.4 Å². The highest BCUT2D eigenvalue weighted by atomic mass is 16.5. The largest absolute Gasteiger partial charge is 0.371 e. The van der Waals surface area contributed by atoms with Crippen molar-refractivity contribution in [3.05, 3.63) is 17.7 Å². The standard InChI is InChI=1S/C12H18N2O/c1-11(2,3)9-6-14-10(13-9)7-15-8-12(14)4-5-12/h6H,4-5,7-8H2,1-3H3. The first-order valence-electron chi connectivity index (χ1n) is 5.68. The van der Waals surface area contributed by atoms with Crippen molar-refractivity contribution in [1.29, 1.82) is 0 Å². The molecule has 0 saturated heterocycles. The van der Waals surface area contributed by atoms with E-state index in [2.05, 4.69) is 31.5 Å². The van der Waals surface area contributed by atoms with Crippen LogP contribution in [0.1, 0.15) is 45.1 Å². The second-order valence-electron chi connectivity index (χ2n) is 5.88. The van der Waals surface area contributed by atoms with Gasteiger partial charge < -0.3 is 9.30 Å². The summed E-state index contributed by atoms with van der Waals surface area (Å²) in [4.78, 5) is 4.70. The Labute approximate surface area is 90.5 Å². The van der Waals surface area contributed by atoms with Crippen molar-refractivity contribution < 1.29 is 4.74 Å². The van der Waals surface area contributed by atoms with E-state index < -0.39 is 0 Å². The van der Waals surface area contributed by atoms with Crippen molar-refractivity contribution in [2.45, 2.75) is 51.2 Å². The molecule has 1 spiro atoms. The molecule has 1 aliphatic carbocycles. The van der Waals surface area contributed by atoms with Gasteiger partial charge in [-0.25, -0.2) is 4.98 Å². The van der Waals surface area contributed by atoms with Crippen LogP contribution in [-0.2, 0) is 22.3 Å². The van der Waals surface area contributed by atoms with Crippen LogP contribution in [-0.4, -0.2) is 16.2 Å². The van der Waals surface area contributed by atoms with Crippen molar-refractivity contribution in [1.82, 2.24) is 9.55 Å². The first-order chi connectivity index (χ1) is 7.01. The first kappa shape index (κ1) is 9.40. The van der Waals surface area contributed by atoms with Crippen molar-refractivity contribution in [2.24, 2.45) is 0 Å². The highest BCUT2D eigenvalue weighted by Crippen LogP contribution is 2.47. The molecule has 1 aromatic heterocycles. The average Bonchev–Trinajstić information content (AvgIpc) is 2.76. The molecule has 2 aliphatic rings. The lowest BCUT2D eigenvalue weighted by molar-refractivity contribution is 0.0446. The third-order valence-corrected chi connectivity index (χ3v) is 3.49. The fourth-order valence-electron chi connectivity index (χ4n) is 2.22. The van der Waals surface area contributed by atoms with Crippen molar-refractivity contribution in [3.63, 3.8) is 0 Å². The molecule has 0 amide bonds. The Bertz CT molecular complexity index is 396. The van der Waals surface area contributed by atoms with Gasteiger partial charge in [-0.3, -0.25) is 0 Å². The lowest BCUT2D eigenvalue weighted by Gasteiger charge is -2.24. The normalized spacial score (nSPS) is 22.9. The maximum atomic E-state index is 5.62. The number of nitrogens with zero attached hydrogens (tertiary/aromatic N) is 2. The van der Waals surface area contributed by atoms with E-state index in [0.29, 0.717) is 6.61 Å². The van der Waals surface area contributed by atoms with Gasteiger partial charge in [0, 0.05) is 11.6 Å². The predicted octanol–water partition coefficient (Wildman–Crippen LogP) is 2.20. The van der Waals surface area contributed by atoms with Crippen LogP contribution in [0.3, 0.4) is 0 Å². The fraction of sp³-hybridized carbons (Fsp3) is 0.750. The number of aromatic nitrogens is 2. The van der Waals surface area contributed by atoms with Crippen LogP contribution >= 0.6 is 0 Å². The zero-order valence-corrected chi connectivity index (χ0v) is 9.71. The Morgan fingerprint density at radius 3 is 2.73 bits per heavy atom. The zero-order chi connectivity index (χ0) is 10.7. The number of rotatable bonds is 0. The highest BCUT2D eigenvalue weighted by molar-refractivity contribution is 5.19. The molecule has 0 aromatic carbocycles. The number of fused-ring (bicyclic) bond motifs is 2. The van der Waals surface area contributed by atoms with Gasteiger partial charge in [-0.2, -0.15) is 0 Å². The minimum absolute atomic E-state index is 0.139. The SMILES string of the molecule is CC(C)(C)c1cn2c(n1)COCC21CC1. The minimum atomic E-state index is 0.139. The molecule has 0 bridgehead atoms. The third-order valence-electron chi connectivity index (χ3n) is 3.49. The minimum Gasteiger partial charge on any atom is -0.371 e. The van der Waals surface area contributed by atoms with Gasteiger partial charge in [0.25, 0.3) is 0 Å². The summed E-state index contributed by atoms with van der Waals surface area (Å²) in [7, 11) is 0. The Morgan fingerprint density at radius 1 is 1.40 bits per heavy atom. The van der Waals surface area contributed by atoms with Gasteiger partial charge >= 0.3 is 0 Å². The molecule has 2 heterocycles. The topological polar surface area (TPSA) is 27.1 Å². The number of hydrogen-bond donors (Lipinski definition) is 0. The van der Waals surface area contributed by atoms with Crippen molar-refractivity contribution in [2.75, 3.05) is 6.61 Å². The van der Waals surface area contributed by atoms with E-state index in [1.165, 1.54) is 18.5 Å². The van der Waals surface area contributed by atoms with E-state index in [4.69, 9.17) is 9.72 Å². The van der Waals surface area contributed by atoms with Gasteiger partial charge in [-0.1, -0.05) is 20.8 Å². The van der Waals surface area contributed by atoms with E-state index in [-0.39, 0.29) is 11.0 Å². The molecule has 1 aliphatic heterocycles. The Hall–Kier alpha value is -0.830. The van der Waals surface area contributed by atoms with E-state index in [1.54, 1.807) is 0 Å².